The number of furan rings is 1. The van der Waals surface area contributed by atoms with Gasteiger partial charge in [0.05, 0.1) is 17.7 Å². The molecule has 0 atom stereocenters. The first-order valence-corrected chi connectivity index (χ1v) is 12.1. The Labute approximate surface area is 176 Å². The third-order valence-corrected chi connectivity index (χ3v) is 7.96. The second-order valence-corrected chi connectivity index (χ2v) is 10.0. The molecule has 1 N–H and O–H groups in total. The van der Waals surface area contributed by atoms with Crippen molar-refractivity contribution in [3.63, 3.8) is 0 Å². The molecule has 0 aliphatic heterocycles. The molecule has 0 unspecified atom stereocenters. The molecule has 154 valence electrons. The minimum absolute atomic E-state index is 0.0440. The SMILES string of the molecule is O=C(CN(c1ccccc1F)S(=O)(=O)c1cccs1)NCCSCc1ccco1. The highest BCUT2D eigenvalue weighted by molar-refractivity contribution is 7.98. The van der Waals surface area contributed by atoms with Crippen LogP contribution in [0.2, 0.25) is 0 Å². The number of carbonyl (C=O) groups excluding carboxylic acids is 1. The fourth-order valence-corrected chi connectivity index (χ4v) is 5.78. The van der Waals surface area contributed by atoms with E-state index in [0.717, 1.165) is 27.5 Å². The zero-order chi connectivity index (χ0) is 20.7. The molecule has 0 radical (unpaired) electrons. The highest BCUT2D eigenvalue weighted by Crippen LogP contribution is 2.28. The van der Waals surface area contributed by atoms with Crippen LogP contribution in [0.1, 0.15) is 5.76 Å². The van der Waals surface area contributed by atoms with E-state index in [0.29, 0.717) is 18.1 Å². The molecule has 0 spiro atoms. The van der Waals surface area contributed by atoms with Crippen molar-refractivity contribution in [1.29, 1.82) is 0 Å². The van der Waals surface area contributed by atoms with Crippen molar-refractivity contribution in [3.8, 4) is 0 Å². The van der Waals surface area contributed by atoms with Crippen LogP contribution in [-0.2, 0) is 20.6 Å². The predicted octanol–water partition coefficient (Wildman–Crippen LogP) is 3.73. The van der Waals surface area contributed by atoms with Crippen molar-refractivity contribution >= 4 is 44.7 Å². The summed E-state index contributed by atoms with van der Waals surface area (Å²) in [4.78, 5) is 12.4. The maximum atomic E-state index is 14.3. The van der Waals surface area contributed by atoms with Gasteiger partial charge in [0.25, 0.3) is 10.0 Å². The summed E-state index contributed by atoms with van der Waals surface area (Å²) in [6.45, 7) is -0.154. The second kappa shape index (κ2) is 9.95. The first kappa shape index (κ1) is 21.4. The Balaban J connectivity index is 1.64. The Morgan fingerprint density at radius 3 is 2.69 bits per heavy atom. The zero-order valence-corrected chi connectivity index (χ0v) is 17.7. The molecule has 3 rings (SSSR count). The number of nitrogens with one attached hydrogen (secondary N) is 1. The lowest BCUT2D eigenvalue weighted by molar-refractivity contribution is -0.119. The van der Waals surface area contributed by atoms with E-state index in [1.54, 1.807) is 29.5 Å². The predicted molar refractivity (Wildman–Crippen MR) is 113 cm³/mol. The number of amides is 1. The summed E-state index contributed by atoms with van der Waals surface area (Å²) in [5.74, 6) is 0.927. The molecular formula is C19H19FN2O4S3. The van der Waals surface area contributed by atoms with Crippen molar-refractivity contribution in [1.82, 2.24) is 5.32 Å². The third-order valence-electron chi connectivity index (χ3n) is 3.84. The molecule has 10 heteroatoms. The monoisotopic (exact) mass is 454 g/mol. The summed E-state index contributed by atoms with van der Waals surface area (Å²) in [5, 5.41) is 4.30. The molecule has 0 bridgehead atoms. The van der Waals surface area contributed by atoms with Gasteiger partial charge in [0.15, 0.2) is 0 Å². The Bertz CT molecular complexity index is 1020. The molecule has 1 amide bonds. The van der Waals surface area contributed by atoms with Crippen molar-refractivity contribution in [3.05, 3.63) is 71.8 Å². The topological polar surface area (TPSA) is 79.6 Å². The first-order valence-electron chi connectivity index (χ1n) is 8.66. The van der Waals surface area contributed by atoms with Gasteiger partial charge in [-0.25, -0.2) is 12.8 Å². The number of carbonyl (C=O) groups is 1. The first-order chi connectivity index (χ1) is 14.0. The summed E-state index contributed by atoms with van der Waals surface area (Å²) < 4.78 is 46.3. The van der Waals surface area contributed by atoms with Gasteiger partial charge in [0.2, 0.25) is 5.91 Å². The molecule has 0 fully saturated rings. The van der Waals surface area contributed by atoms with Crippen LogP contribution in [0.25, 0.3) is 0 Å². The molecule has 0 aliphatic rings. The van der Waals surface area contributed by atoms with Crippen molar-refractivity contribution in [2.24, 2.45) is 0 Å². The van der Waals surface area contributed by atoms with Gasteiger partial charge in [0.1, 0.15) is 22.3 Å². The van der Waals surface area contributed by atoms with Gasteiger partial charge in [0, 0.05) is 12.3 Å². The minimum atomic E-state index is -4.06. The van der Waals surface area contributed by atoms with E-state index in [-0.39, 0.29) is 9.90 Å². The van der Waals surface area contributed by atoms with Crippen molar-refractivity contribution in [2.75, 3.05) is 23.1 Å². The summed E-state index contributed by atoms with van der Waals surface area (Å²) in [6.07, 6.45) is 1.60. The van der Waals surface area contributed by atoms with E-state index < -0.39 is 28.3 Å². The number of anilines is 1. The standard InChI is InChI=1S/C19H19FN2O4S3/c20-16-6-1-2-7-17(16)22(29(24,25)19-8-4-11-28-19)13-18(23)21-9-12-27-14-15-5-3-10-26-15/h1-8,10-11H,9,12-14H2,(H,21,23). The minimum Gasteiger partial charge on any atom is -0.468 e. The number of hydrogen-bond donors (Lipinski definition) is 1. The van der Waals surface area contributed by atoms with E-state index in [2.05, 4.69) is 5.32 Å². The van der Waals surface area contributed by atoms with Gasteiger partial charge in [-0.05, 0) is 35.7 Å². The fraction of sp³-hybridized carbons (Fsp3) is 0.211. The molecule has 0 saturated heterocycles. The quantitative estimate of drug-likeness (QED) is 0.472. The molecule has 0 aliphatic carbocycles. The Morgan fingerprint density at radius 1 is 1.17 bits per heavy atom. The molecule has 2 aromatic heterocycles. The van der Waals surface area contributed by atoms with Crippen LogP contribution in [0.4, 0.5) is 10.1 Å². The number of para-hydroxylation sites is 1. The van der Waals surface area contributed by atoms with Gasteiger partial charge in [-0.2, -0.15) is 11.8 Å². The van der Waals surface area contributed by atoms with E-state index in [4.69, 9.17) is 4.42 Å². The molecule has 3 aromatic rings. The van der Waals surface area contributed by atoms with Crippen LogP contribution in [0.3, 0.4) is 0 Å². The van der Waals surface area contributed by atoms with Gasteiger partial charge in [-0.1, -0.05) is 18.2 Å². The maximum absolute atomic E-state index is 14.3. The molecule has 2 heterocycles. The second-order valence-electron chi connectivity index (χ2n) is 5.88. The van der Waals surface area contributed by atoms with Crippen molar-refractivity contribution < 1.29 is 22.0 Å². The molecule has 0 saturated carbocycles. The van der Waals surface area contributed by atoms with Crippen LogP contribution < -0.4 is 9.62 Å². The van der Waals surface area contributed by atoms with Crippen LogP contribution in [0, 0.1) is 5.82 Å². The number of hydrogen-bond acceptors (Lipinski definition) is 6. The number of thiophene rings is 1. The van der Waals surface area contributed by atoms with E-state index >= 15 is 0 Å². The molecule has 1 aromatic carbocycles. The van der Waals surface area contributed by atoms with Crippen LogP contribution >= 0.6 is 23.1 Å². The summed E-state index contributed by atoms with van der Waals surface area (Å²) in [7, 11) is -4.06. The van der Waals surface area contributed by atoms with Crippen LogP contribution in [0.15, 0.2) is 68.8 Å². The number of thioether (sulfide) groups is 1. The molecule has 29 heavy (non-hydrogen) atoms. The Morgan fingerprint density at radius 2 is 2.00 bits per heavy atom. The van der Waals surface area contributed by atoms with Crippen LogP contribution in [-0.4, -0.2) is 33.2 Å². The van der Waals surface area contributed by atoms with E-state index in [9.17, 15) is 17.6 Å². The number of halogens is 1. The summed E-state index contributed by atoms with van der Waals surface area (Å²) >= 11 is 2.59. The van der Waals surface area contributed by atoms with E-state index in [1.807, 2.05) is 12.1 Å². The summed E-state index contributed by atoms with van der Waals surface area (Å²) in [5.41, 5.74) is -0.164. The largest absolute Gasteiger partial charge is 0.468 e. The number of nitrogens with zero attached hydrogens (tertiary/aromatic N) is 1. The maximum Gasteiger partial charge on any atom is 0.274 e. The van der Waals surface area contributed by atoms with Crippen LogP contribution in [0.5, 0.6) is 0 Å². The van der Waals surface area contributed by atoms with E-state index in [1.165, 1.54) is 24.3 Å². The van der Waals surface area contributed by atoms with Gasteiger partial charge < -0.3 is 9.73 Å². The van der Waals surface area contributed by atoms with Crippen molar-refractivity contribution in [2.45, 2.75) is 9.96 Å². The Kier molecular flexibility index (Phi) is 7.34. The third kappa shape index (κ3) is 5.62. The Hall–Kier alpha value is -2.30. The number of rotatable bonds is 10. The average molecular weight is 455 g/mol. The fourth-order valence-electron chi connectivity index (χ4n) is 2.49. The van der Waals surface area contributed by atoms with Gasteiger partial charge in [-0.3, -0.25) is 9.10 Å². The normalized spacial score (nSPS) is 11.3. The lowest BCUT2D eigenvalue weighted by Crippen LogP contribution is -2.41. The zero-order valence-electron chi connectivity index (χ0n) is 15.3. The number of benzene rings is 1. The average Bonchev–Trinajstić information content (AvgIpc) is 3.41. The number of sulfonamides is 1. The molecule has 6 nitrogen and oxygen atoms in total. The lowest BCUT2D eigenvalue weighted by Gasteiger charge is -2.23. The lowest BCUT2D eigenvalue weighted by atomic mass is 10.3. The van der Waals surface area contributed by atoms with Gasteiger partial charge >= 0.3 is 0 Å². The smallest absolute Gasteiger partial charge is 0.274 e. The molecular weight excluding hydrogens is 435 g/mol. The highest BCUT2D eigenvalue weighted by atomic mass is 32.2. The van der Waals surface area contributed by atoms with Gasteiger partial charge in [-0.15, -0.1) is 11.3 Å². The highest BCUT2D eigenvalue weighted by Gasteiger charge is 2.29. The summed E-state index contributed by atoms with van der Waals surface area (Å²) in [6, 6.07) is 12.2.